The number of unbranched alkanes of at least 4 members (excludes halogenated alkanes) is 1. The van der Waals surface area contributed by atoms with Crippen LogP contribution < -0.4 is 4.74 Å². The maximum atomic E-state index is 12.7. The van der Waals surface area contributed by atoms with Gasteiger partial charge < -0.3 is 14.5 Å². The molecule has 7 nitrogen and oxygen atoms in total. The van der Waals surface area contributed by atoms with Gasteiger partial charge >= 0.3 is 6.09 Å². The van der Waals surface area contributed by atoms with Crippen molar-refractivity contribution < 1.29 is 19.1 Å². The molecule has 180 valence electrons. The normalized spacial score (nSPS) is 16.1. The van der Waals surface area contributed by atoms with E-state index in [9.17, 15) is 9.59 Å². The Labute approximate surface area is 200 Å². The lowest BCUT2D eigenvalue weighted by atomic mass is 9.99. The number of ether oxygens (including phenoxy) is 2. The quantitative estimate of drug-likeness (QED) is 0.329. The van der Waals surface area contributed by atoms with Gasteiger partial charge in [-0.15, -0.1) is 0 Å². The minimum absolute atomic E-state index is 0.143. The van der Waals surface area contributed by atoms with Gasteiger partial charge in [-0.25, -0.2) is 9.78 Å². The van der Waals surface area contributed by atoms with E-state index in [1.165, 1.54) is 0 Å². The fourth-order valence-corrected chi connectivity index (χ4v) is 4.27. The molecule has 4 rings (SSSR count). The minimum atomic E-state index is -0.542. The van der Waals surface area contributed by atoms with E-state index in [4.69, 9.17) is 14.5 Å². The minimum Gasteiger partial charge on any atom is -0.494 e. The number of carbonyl (C=O) groups excluding carboxylic acids is 2. The lowest BCUT2D eigenvalue weighted by molar-refractivity contribution is 0.0219. The topological polar surface area (TPSA) is 84.5 Å². The van der Waals surface area contributed by atoms with Crippen molar-refractivity contribution in [3.05, 3.63) is 47.8 Å². The lowest BCUT2D eigenvalue weighted by Gasteiger charge is -2.27. The van der Waals surface area contributed by atoms with E-state index < -0.39 is 5.60 Å². The predicted octanol–water partition coefficient (Wildman–Crippen LogP) is 6.29. The van der Waals surface area contributed by atoms with Gasteiger partial charge in [-0.3, -0.25) is 9.69 Å². The van der Waals surface area contributed by atoms with Gasteiger partial charge in [-0.1, -0.05) is 19.4 Å². The zero-order valence-electron chi connectivity index (χ0n) is 20.4. The third-order valence-corrected chi connectivity index (χ3v) is 5.92. The number of amides is 1. The Morgan fingerprint density at radius 2 is 2.06 bits per heavy atom. The Hall–Kier alpha value is -3.35. The number of fused-ring (bicyclic) bond motifs is 1. The van der Waals surface area contributed by atoms with E-state index in [-0.39, 0.29) is 12.1 Å². The molecule has 1 atom stereocenters. The van der Waals surface area contributed by atoms with Crippen LogP contribution in [0, 0.1) is 0 Å². The van der Waals surface area contributed by atoms with Gasteiger partial charge in [0, 0.05) is 12.1 Å². The first-order valence-corrected chi connectivity index (χ1v) is 12.0. The van der Waals surface area contributed by atoms with Crippen LogP contribution in [-0.2, 0) is 4.74 Å². The second-order valence-corrected chi connectivity index (χ2v) is 9.75. The molecule has 1 fully saturated rings. The summed E-state index contributed by atoms with van der Waals surface area (Å²) in [5, 5.41) is 0. The molecule has 34 heavy (non-hydrogen) atoms. The van der Waals surface area contributed by atoms with Crippen LogP contribution in [0.2, 0.25) is 0 Å². The summed E-state index contributed by atoms with van der Waals surface area (Å²) < 4.78 is 11.3. The van der Waals surface area contributed by atoms with Gasteiger partial charge in [-0.2, -0.15) is 0 Å². The molecule has 0 spiro atoms. The summed E-state index contributed by atoms with van der Waals surface area (Å²) >= 11 is 0. The van der Waals surface area contributed by atoms with Crippen molar-refractivity contribution in [2.45, 2.75) is 65.0 Å². The first-order valence-electron chi connectivity index (χ1n) is 12.0. The van der Waals surface area contributed by atoms with Crippen LogP contribution in [0.3, 0.4) is 0 Å². The highest BCUT2D eigenvalue weighted by Gasteiger charge is 2.35. The molecular weight excluding hydrogens is 430 g/mol. The summed E-state index contributed by atoms with van der Waals surface area (Å²) in [6, 6.07) is 11.4. The van der Waals surface area contributed by atoms with Gasteiger partial charge in [0.25, 0.3) is 0 Å². The molecule has 2 aromatic carbocycles. The molecule has 1 aromatic heterocycles. The number of carbonyl (C=O) groups is 2. The molecule has 7 heteroatoms. The molecule has 0 saturated carbocycles. The van der Waals surface area contributed by atoms with Gasteiger partial charge in [0.05, 0.1) is 23.7 Å². The number of likely N-dealkylation sites (tertiary alicyclic amines) is 1. The number of H-pyrrole nitrogens is 1. The molecule has 1 saturated heterocycles. The summed E-state index contributed by atoms with van der Waals surface area (Å²) in [7, 11) is 0. The predicted molar refractivity (Wildman–Crippen MR) is 132 cm³/mol. The maximum Gasteiger partial charge on any atom is 0.410 e. The number of nitrogens with one attached hydrogen (secondary N) is 1. The van der Waals surface area contributed by atoms with Crippen LogP contribution in [0.1, 0.15) is 75.6 Å². The van der Waals surface area contributed by atoms with Crippen LogP contribution in [0.15, 0.2) is 36.4 Å². The molecular formula is C27H33N3O4. The first-order chi connectivity index (χ1) is 16.3. The molecule has 0 bridgehead atoms. The number of hydrogen-bond donors (Lipinski definition) is 1. The molecule has 1 aliphatic heterocycles. The van der Waals surface area contributed by atoms with Crippen molar-refractivity contribution in [2.75, 3.05) is 13.2 Å². The molecule has 2 heterocycles. The van der Waals surface area contributed by atoms with Crippen LogP contribution in [0.5, 0.6) is 5.75 Å². The molecule has 3 aromatic rings. The van der Waals surface area contributed by atoms with Gasteiger partial charge in [0.1, 0.15) is 17.2 Å². The molecule has 0 radical (unpaired) electrons. The average Bonchev–Trinajstić information content (AvgIpc) is 3.44. The maximum absolute atomic E-state index is 12.7. The van der Waals surface area contributed by atoms with Gasteiger partial charge in [0.15, 0.2) is 6.29 Å². The molecule has 0 aliphatic carbocycles. The van der Waals surface area contributed by atoms with E-state index in [0.717, 1.165) is 60.0 Å². The largest absolute Gasteiger partial charge is 0.494 e. The number of aldehydes is 1. The van der Waals surface area contributed by atoms with Crippen molar-refractivity contribution in [2.24, 2.45) is 0 Å². The van der Waals surface area contributed by atoms with Gasteiger partial charge in [0.2, 0.25) is 0 Å². The van der Waals surface area contributed by atoms with E-state index in [0.29, 0.717) is 24.5 Å². The van der Waals surface area contributed by atoms with E-state index in [1.54, 1.807) is 11.0 Å². The summed E-state index contributed by atoms with van der Waals surface area (Å²) in [6.45, 7) is 9.01. The van der Waals surface area contributed by atoms with Crippen molar-refractivity contribution in [1.29, 1.82) is 0 Å². The van der Waals surface area contributed by atoms with E-state index in [1.807, 2.05) is 51.1 Å². The van der Waals surface area contributed by atoms with Crippen molar-refractivity contribution in [3.8, 4) is 16.9 Å². The van der Waals surface area contributed by atoms with Crippen LogP contribution in [0.4, 0.5) is 4.79 Å². The van der Waals surface area contributed by atoms with E-state index >= 15 is 0 Å². The third-order valence-electron chi connectivity index (χ3n) is 5.92. The Bertz CT molecular complexity index is 1180. The Morgan fingerprint density at radius 3 is 2.79 bits per heavy atom. The highest BCUT2D eigenvalue weighted by atomic mass is 16.6. The van der Waals surface area contributed by atoms with Crippen molar-refractivity contribution in [3.63, 3.8) is 0 Å². The van der Waals surface area contributed by atoms with Crippen LogP contribution in [0.25, 0.3) is 22.2 Å². The highest BCUT2D eigenvalue weighted by Crippen LogP contribution is 2.34. The van der Waals surface area contributed by atoms with Crippen molar-refractivity contribution in [1.82, 2.24) is 14.9 Å². The summed E-state index contributed by atoms with van der Waals surface area (Å²) in [5.41, 5.74) is 3.48. The Balaban J connectivity index is 1.59. The lowest BCUT2D eigenvalue weighted by Crippen LogP contribution is -2.36. The number of imidazole rings is 1. The molecule has 1 amide bonds. The number of rotatable bonds is 7. The number of hydrogen-bond acceptors (Lipinski definition) is 5. The summed E-state index contributed by atoms with van der Waals surface area (Å²) in [5.74, 6) is 1.46. The van der Waals surface area contributed by atoms with Crippen LogP contribution >= 0.6 is 0 Å². The SMILES string of the molecule is CCCCOc1ccc(-c2ccc3nc([C@@H]4CCCN4C(=O)OC(C)(C)C)[nH]c3c2)c(C=O)c1. The van der Waals surface area contributed by atoms with Crippen LogP contribution in [-0.4, -0.2) is 46.0 Å². The smallest absolute Gasteiger partial charge is 0.410 e. The highest BCUT2D eigenvalue weighted by molar-refractivity contribution is 5.91. The van der Waals surface area contributed by atoms with Gasteiger partial charge in [-0.05, 0) is 81.5 Å². The standard InChI is InChI=1S/C27H33N3O4/c1-5-6-14-33-20-10-11-21(19(15-20)17-31)18-9-12-22-23(16-18)29-25(28-22)24-8-7-13-30(24)26(32)34-27(2,3)4/h9-12,15-17,24H,5-8,13-14H2,1-4H3,(H,28,29)/t24-/m0/s1. The summed E-state index contributed by atoms with van der Waals surface area (Å²) in [6.07, 6.45) is 4.32. The second kappa shape index (κ2) is 9.87. The van der Waals surface area contributed by atoms with Crippen molar-refractivity contribution >= 4 is 23.4 Å². The molecule has 1 aliphatic rings. The Morgan fingerprint density at radius 1 is 1.24 bits per heavy atom. The molecule has 0 unspecified atom stereocenters. The number of aromatic amines is 1. The molecule has 1 N–H and O–H groups in total. The zero-order valence-corrected chi connectivity index (χ0v) is 20.4. The fourth-order valence-electron chi connectivity index (χ4n) is 4.27. The average molecular weight is 464 g/mol. The summed E-state index contributed by atoms with van der Waals surface area (Å²) in [4.78, 5) is 34.4. The Kier molecular flexibility index (Phi) is 6.91. The number of nitrogens with zero attached hydrogens (tertiary/aromatic N) is 2. The fraction of sp³-hybridized carbons (Fsp3) is 0.444. The van der Waals surface area contributed by atoms with E-state index in [2.05, 4.69) is 11.9 Å². The third kappa shape index (κ3) is 5.24. The zero-order chi connectivity index (χ0) is 24.3. The first kappa shape index (κ1) is 23.8. The monoisotopic (exact) mass is 463 g/mol. The second-order valence-electron chi connectivity index (χ2n) is 9.75. The number of benzene rings is 2. The number of aromatic nitrogens is 2.